The van der Waals surface area contributed by atoms with Gasteiger partial charge >= 0.3 is 6.03 Å². The summed E-state index contributed by atoms with van der Waals surface area (Å²) in [5.41, 5.74) is 2.44. The molecule has 1 aliphatic heterocycles. The molecule has 0 bridgehead atoms. The smallest absolute Gasteiger partial charge is 0.315 e. The molecule has 1 aliphatic carbocycles. The average Bonchev–Trinajstić information content (AvgIpc) is 2.99. The first kappa shape index (κ1) is 16.8. The van der Waals surface area contributed by atoms with Crippen molar-refractivity contribution >= 4 is 11.9 Å². The largest absolute Gasteiger partial charge is 0.384 e. The Morgan fingerprint density at radius 2 is 1.83 bits per heavy atom. The van der Waals surface area contributed by atoms with E-state index in [2.05, 4.69) is 10.6 Å². The van der Waals surface area contributed by atoms with Crippen LogP contribution in [0.15, 0.2) is 24.3 Å². The Morgan fingerprint density at radius 3 is 2.38 bits per heavy atom. The molecule has 0 saturated heterocycles. The molecule has 3 amide bonds. The van der Waals surface area contributed by atoms with Crippen molar-refractivity contribution in [3.8, 4) is 0 Å². The average molecular weight is 331 g/mol. The Balaban J connectivity index is 1.40. The van der Waals surface area contributed by atoms with Crippen LogP contribution in [0.3, 0.4) is 0 Å². The van der Waals surface area contributed by atoms with Crippen LogP contribution in [-0.2, 0) is 22.6 Å². The van der Waals surface area contributed by atoms with Crippen molar-refractivity contribution in [1.29, 1.82) is 0 Å². The zero-order valence-corrected chi connectivity index (χ0v) is 14.1. The Kier molecular flexibility index (Phi) is 5.04. The molecule has 1 fully saturated rings. The minimum atomic E-state index is -0.289. The zero-order valence-electron chi connectivity index (χ0n) is 14.1. The van der Waals surface area contributed by atoms with E-state index in [-0.39, 0.29) is 23.9 Å². The van der Waals surface area contributed by atoms with Gasteiger partial charge in [0.05, 0.1) is 13.2 Å². The molecule has 1 aromatic carbocycles. The van der Waals surface area contributed by atoms with Gasteiger partial charge in [-0.15, -0.1) is 0 Å². The Bertz CT molecular complexity index is 588. The highest BCUT2D eigenvalue weighted by Gasteiger charge is 2.37. The van der Waals surface area contributed by atoms with Crippen LogP contribution >= 0.6 is 0 Å². The van der Waals surface area contributed by atoms with Gasteiger partial charge in [0.25, 0.3) is 0 Å². The highest BCUT2D eigenvalue weighted by Crippen LogP contribution is 2.40. The van der Waals surface area contributed by atoms with Gasteiger partial charge in [-0.3, -0.25) is 4.79 Å². The SMILES string of the molecule is COCC1(CNC(=O)NCC(=O)N2Cc3ccccc3C2)CCC1. The van der Waals surface area contributed by atoms with E-state index in [0.717, 1.165) is 12.8 Å². The number of benzene rings is 1. The van der Waals surface area contributed by atoms with Crippen molar-refractivity contribution in [1.82, 2.24) is 15.5 Å². The highest BCUT2D eigenvalue weighted by molar-refractivity contribution is 5.84. The second kappa shape index (κ2) is 7.21. The number of urea groups is 1. The molecule has 0 unspecified atom stereocenters. The number of ether oxygens (including phenoxy) is 1. The minimum Gasteiger partial charge on any atom is -0.384 e. The number of nitrogens with one attached hydrogen (secondary N) is 2. The fourth-order valence-corrected chi connectivity index (χ4v) is 3.46. The number of hydrogen-bond donors (Lipinski definition) is 2. The first-order valence-corrected chi connectivity index (χ1v) is 8.47. The van der Waals surface area contributed by atoms with Gasteiger partial charge in [0.2, 0.25) is 5.91 Å². The number of carbonyl (C=O) groups excluding carboxylic acids is 2. The third kappa shape index (κ3) is 3.70. The maximum Gasteiger partial charge on any atom is 0.315 e. The van der Waals surface area contributed by atoms with Gasteiger partial charge in [0.1, 0.15) is 0 Å². The second-order valence-electron chi connectivity index (χ2n) is 6.84. The van der Waals surface area contributed by atoms with E-state index in [1.807, 2.05) is 24.3 Å². The quantitative estimate of drug-likeness (QED) is 0.832. The molecule has 1 saturated carbocycles. The molecule has 0 aromatic heterocycles. The van der Waals surface area contributed by atoms with Crippen molar-refractivity contribution in [2.24, 2.45) is 5.41 Å². The van der Waals surface area contributed by atoms with Crippen molar-refractivity contribution < 1.29 is 14.3 Å². The number of hydrogen-bond acceptors (Lipinski definition) is 3. The van der Waals surface area contributed by atoms with Gasteiger partial charge < -0.3 is 20.3 Å². The van der Waals surface area contributed by atoms with Gasteiger partial charge in [0, 0.05) is 32.2 Å². The second-order valence-corrected chi connectivity index (χ2v) is 6.84. The molecule has 2 aliphatic rings. The molecule has 1 heterocycles. The van der Waals surface area contributed by atoms with Gasteiger partial charge in [-0.25, -0.2) is 4.79 Å². The van der Waals surface area contributed by atoms with Gasteiger partial charge in [-0.2, -0.15) is 0 Å². The van der Waals surface area contributed by atoms with Crippen LogP contribution in [0.25, 0.3) is 0 Å². The van der Waals surface area contributed by atoms with Gasteiger partial charge in [0.15, 0.2) is 0 Å². The van der Waals surface area contributed by atoms with Gasteiger partial charge in [-0.1, -0.05) is 30.7 Å². The summed E-state index contributed by atoms with van der Waals surface area (Å²) in [5.74, 6) is -0.0587. The van der Waals surface area contributed by atoms with E-state index in [4.69, 9.17) is 4.74 Å². The Labute approximate surface area is 142 Å². The summed E-state index contributed by atoms with van der Waals surface area (Å²) in [6.07, 6.45) is 3.33. The third-order valence-corrected chi connectivity index (χ3v) is 5.08. The summed E-state index contributed by atoms with van der Waals surface area (Å²) in [7, 11) is 1.69. The summed E-state index contributed by atoms with van der Waals surface area (Å²) in [6.45, 7) is 2.52. The van der Waals surface area contributed by atoms with Crippen LogP contribution in [0.1, 0.15) is 30.4 Å². The number of fused-ring (bicyclic) bond motifs is 1. The van der Waals surface area contributed by atoms with Crippen LogP contribution < -0.4 is 10.6 Å². The lowest BCUT2D eigenvalue weighted by molar-refractivity contribution is -0.130. The van der Waals surface area contributed by atoms with Crippen molar-refractivity contribution in [2.75, 3.05) is 26.8 Å². The molecule has 2 N–H and O–H groups in total. The zero-order chi connectivity index (χ0) is 17.0. The predicted molar refractivity (Wildman–Crippen MR) is 90.3 cm³/mol. The minimum absolute atomic E-state index is 0.0249. The van der Waals surface area contributed by atoms with Crippen LogP contribution in [0.2, 0.25) is 0 Å². The molecule has 0 atom stereocenters. The van der Waals surface area contributed by atoms with E-state index < -0.39 is 0 Å². The normalized spacial score (nSPS) is 17.8. The molecule has 130 valence electrons. The number of rotatable bonds is 6. The van der Waals surface area contributed by atoms with Crippen LogP contribution in [-0.4, -0.2) is 43.6 Å². The molecule has 6 heteroatoms. The Morgan fingerprint density at radius 1 is 1.17 bits per heavy atom. The highest BCUT2D eigenvalue weighted by atomic mass is 16.5. The van der Waals surface area contributed by atoms with E-state index in [0.29, 0.717) is 26.2 Å². The topological polar surface area (TPSA) is 70.7 Å². The van der Waals surface area contributed by atoms with Crippen molar-refractivity contribution in [3.05, 3.63) is 35.4 Å². The number of amides is 3. The summed E-state index contributed by atoms with van der Waals surface area (Å²) >= 11 is 0. The summed E-state index contributed by atoms with van der Waals surface area (Å²) in [5, 5.41) is 5.54. The fraction of sp³-hybridized carbons (Fsp3) is 0.556. The standard InChI is InChI=1S/C18H25N3O3/c1-24-13-18(7-4-8-18)12-20-17(23)19-9-16(22)21-10-14-5-2-3-6-15(14)11-21/h2-3,5-6H,4,7-13H2,1H3,(H2,19,20,23). The van der Waals surface area contributed by atoms with E-state index in [1.165, 1.54) is 17.5 Å². The number of carbonyl (C=O) groups is 2. The summed E-state index contributed by atoms with van der Waals surface area (Å²) in [6, 6.07) is 7.75. The fourth-order valence-electron chi connectivity index (χ4n) is 3.46. The monoisotopic (exact) mass is 331 g/mol. The van der Waals surface area contributed by atoms with Crippen molar-refractivity contribution in [3.63, 3.8) is 0 Å². The lowest BCUT2D eigenvalue weighted by atomic mass is 9.69. The molecule has 6 nitrogen and oxygen atoms in total. The first-order chi connectivity index (χ1) is 11.6. The van der Waals surface area contributed by atoms with Gasteiger partial charge in [-0.05, 0) is 24.0 Å². The van der Waals surface area contributed by atoms with Crippen LogP contribution in [0.4, 0.5) is 4.79 Å². The van der Waals surface area contributed by atoms with Crippen LogP contribution in [0, 0.1) is 5.41 Å². The third-order valence-electron chi connectivity index (χ3n) is 5.08. The van der Waals surface area contributed by atoms with Crippen LogP contribution in [0.5, 0.6) is 0 Å². The Hall–Kier alpha value is -2.08. The first-order valence-electron chi connectivity index (χ1n) is 8.47. The van der Waals surface area contributed by atoms with Crippen molar-refractivity contribution in [2.45, 2.75) is 32.4 Å². The van der Waals surface area contributed by atoms with E-state index in [1.54, 1.807) is 12.0 Å². The molecule has 0 radical (unpaired) electrons. The summed E-state index contributed by atoms with van der Waals surface area (Å²) in [4.78, 5) is 26.0. The van der Waals surface area contributed by atoms with E-state index in [9.17, 15) is 9.59 Å². The predicted octanol–water partition coefficient (Wildman–Crippen LogP) is 1.64. The maximum atomic E-state index is 12.3. The molecular weight excluding hydrogens is 306 g/mol. The lowest BCUT2D eigenvalue weighted by Gasteiger charge is -2.41. The number of methoxy groups -OCH3 is 1. The molecule has 1 aromatic rings. The maximum absolute atomic E-state index is 12.3. The molecular formula is C18H25N3O3. The van der Waals surface area contributed by atoms with E-state index >= 15 is 0 Å². The number of nitrogens with zero attached hydrogens (tertiary/aromatic N) is 1. The lowest BCUT2D eigenvalue weighted by Crippen LogP contribution is -2.49. The summed E-state index contributed by atoms with van der Waals surface area (Å²) < 4.78 is 5.25. The molecule has 3 rings (SSSR count). The molecule has 24 heavy (non-hydrogen) atoms. The molecule has 0 spiro atoms.